The van der Waals surface area contributed by atoms with E-state index in [4.69, 9.17) is 9.47 Å². The quantitative estimate of drug-likeness (QED) is 0.543. The van der Waals surface area contributed by atoms with Crippen molar-refractivity contribution < 1.29 is 23.9 Å². The van der Waals surface area contributed by atoms with E-state index in [0.717, 1.165) is 19.3 Å². The fraction of sp³-hybridized carbons (Fsp3) is 0.737. The minimum absolute atomic E-state index is 0.0455. The number of carbonyl (C=O) groups is 3. The van der Waals surface area contributed by atoms with Gasteiger partial charge in [-0.1, -0.05) is 6.08 Å². The fourth-order valence-electron chi connectivity index (χ4n) is 7.09. The molecule has 0 unspecified atom stereocenters. The van der Waals surface area contributed by atoms with Gasteiger partial charge in [0.05, 0.1) is 18.4 Å². The van der Waals surface area contributed by atoms with Crippen molar-refractivity contribution in [2.75, 3.05) is 7.11 Å². The summed E-state index contributed by atoms with van der Waals surface area (Å²) >= 11 is 0. The third-order valence-corrected chi connectivity index (χ3v) is 7.86. The van der Waals surface area contributed by atoms with E-state index in [2.05, 4.69) is 0 Å². The van der Waals surface area contributed by atoms with Gasteiger partial charge in [-0.05, 0) is 44.1 Å². The minimum Gasteiger partial charge on any atom is -0.469 e. The van der Waals surface area contributed by atoms with Crippen LogP contribution in [0.25, 0.3) is 0 Å². The molecule has 4 fully saturated rings. The number of carbonyl (C=O) groups excluding carboxylic acids is 3. The van der Waals surface area contributed by atoms with Crippen LogP contribution in [0.4, 0.5) is 0 Å². The zero-order valence-electron chi connectivity index (χ0n) is 14.0. The molecule has 0 aromatic rings. The maximum absolute atomic E-state index is 12.9. The molecule has 7 atom stereocenters. The molecule has 0 aromatic heterocycles. The highest BCUT2D eigenvalue weighted by atomic mass is 16.6. The highest BCUT2D eigenvalue weighted by Crippen LogP contribution is 2.75. The molecule has 0 radical (unpaired) electrons. The Morgan fingerprint density at radius 2 is 2.12 bits per heavy atom. The zero-order chi connectivity index (χ0) is 16.9. The summed E-state index contributed by atoms with van der Waals surface area (Å²) in [4.78, 5) is 38.1. The van der Waals surface area contributed by atoms with E-state index in [1.165, 1.54) is 7.11 Å². The lowest BCUT2D eigenvalue weighted by atomic mass is 9.62. The molecule has 1 aliphatic heterocycles. The van der Waals surface area contributed by atoms with Crippen LogP contribution in [-0.2, 0) is 23.9 Å². The van der Waals surface area contributed by atoms with Gasteiger partial charge in [0.1, 0.15) is 11.4 Å². The van der Waals surface area contributed by atoms with Gasteiger partial charge < -0.3 is 9.47 Å². The van der Waals surface area contributed by atoms with E-state index < -0.39 is 22.3 Å². The van der Waals surface area contributed by atoms with Crippen molar-refractivity contribution in [1.29, 1.82) is 0 Å². The van der Waals surface area contributed by atoms with Crippen LogP contribution >= 0.6 is 0 Å². The Bertz CT molecular complexity index is 711. The van der Waals surface area contributed by atoms with Gasteiger partial charge in [0, 0.05) is 24.2 Å². The van der Waals surface area contributed by atoms with E-state index in [-0.39, 0.29) is 35.5 Å². The van der Waals surface area contributed by atoms with Gasteiger partial charge in [-0.2, -0.15) is 0 Å². The molecule has 0 aromatic carbocycles. The summed E-state index contributed by atoms with van der Waals surface area (Å²) in [5.41, 5.74) is -1.81. The van der Waals surface area contributed by atoms with Crippen molar-refractivity contribution in [2.24, 2.45) is 34.5 Å². The average Bonchev–Trinajstić information content (AvgIpc) is 2.99. The molecular weight excluding hydrogens is 308 g/mol. The Labute approximate surface area is 140 Å². The highest BCUT2D eigenvalue weighted by molar-refractivity contribution is 5.90. The number of rotatable bonds is 1. The van der Waals surface area contributed by atoms with Crippen LogP contribution in [-0.4, -0.2) is 30.4 Å². The Balaban J connectivity index is 1.76. The number of ketones is 1. The lowest BCUT2D eigenvalue weighted by molar-refractivity contribution is -0.159. The second-order valence-electron chi connectivity index (χ2n) is 8.65. The predicted octanol–water partition coefficient (Wildman–Crippen LogP) is 2.04. The smallest absolute Gasteiger partial charge is 0.313 e. The Morgan fingerprint density at radius 1 is 1.33 bits per heavy atom. The number of allylic oxidation sites excluding steroid dienone is 1. The molecule has 1 spiro atoms. The van der Waals surface area contributed by atoms with Crippen molar-refractivity contribution in [1.82, 2.24) is 0 Å². The van der Waals surface area contributed by atoms with Crippen molar-refractivity contribution in [3.05, 3.63) is 12.2 Å². The van der Waals surface area contributed by atoms with Crippen LogP contribution < -0.4 is 0 Å². The van der Waals surface area contributed by atoms with Crippen molar-refractivity contribution in [2.45, 2.75) is 44.6 Å². The summed E-state index contributed by atoms with van der Waals surface area (Å²) in [6.07, 6.45) is 7.52. The minimum atomic E-state index is -0.724. The van der Waals surface area contributed by atoms with E-state index in [1.807, 2.05) is 19.1 Å². The van der Waals surface area contributed by atoms with Crippen molar-refractivity contribution in [3.63, 3.8) is 0 Å². The SMILES string of the molecule is COC(=O)[C@H]1[C@H]2[C@@]3(C=CC[C@]2(C)C(=O)O3)[C@@H]2CC[C@H]3C[C@@]21CC3=O. The van der Waals surface area contributed by atoms with Gasteiger partial charge in [0.2, 0.25) is 0 Å². The maximum atomic E-state index is 12.9. The number of fused-ring (bicyclic) bond motifs is 1. The van der Waals surface area contributed by atoms with Gasteiger partial charge in [-0.3, -0.25) is 14.4 Å². The molecule has 128 valence electrons. The topological polar surface area (TPSA) is 69.7 Å². The van der Waals surface area contributed by atoms with E-state index in [1.54, 1.807) is 0 Å². The maximum Gasteiger partial charge on any atom is 0.313 e. The van der Waals surface area contributed by atoms with Crippen LogP contribution in [0.2, 0.25) is 0 Å². The number of methoxy groups -OCH3 is 1. The van der Waals surface area contributed by atoms with E-state index in [0.29, 0.717) is 12.8 Å². The Kier molecular flexibility index (Phi) is 2.52. The van der Waals surface area contributed by atoms with Crippen LogP contribution in [0.15, 0.2) is 12.2 Å². The van der Waals surface area contributed by atoms with E-state index >= 15 is 0 Å². The molecular formula is C19H22O5. The van der Waals surface area contributed by atoms with Gasteiger partial charge in [0.25, 0.3) is 0 Å². The van der Waals surface area contributed by atoms with Gasteiger partial charge in [-0.15, -0.1) is 0 Å². The monoisotopic (exact) mass is 330 g/mol. The third kappa shape index (κ3) is 1.31. The molecule has 0 N–H and O–H groups in total. The normalized spacial score (nSPS) is 53.6. The highest BCUT2D eigenvalue weighted by Gasteiger charge is 2.81. The summed E-state index contributed by atoms with van der Waals surface area (Å²) in [6.45, 7) is 1.92. The number of hydrogen-bond acceptors (Lipinski definition) is 5. The van der Waals surface area contributed by atoms with Crippen LogP contribution in [0.1, 0.15) is 39.0 Å². The van der Waals surface area contributed by atoms with Crippen LogP contribution in [0, 0.1) is 34.5 Å². The van der Waals surface area contributed by atoms with Crippen molar-refractivity contribution >= 4 is 17.7 Å². The molecule has 5 aliphatic rings. The largest absolute Gasteiger partial charge is 0.469 e. The summed E-state index contributed by atoms with van der Waals surface area (Å²) in [5, 5.41) is 0. The van der Waals surface area contributed by atoms with Crippen LogP contribution in [0.5, 0.6) is 0 Å². The lowest BCUT2D eigenvalue weighted by Gasteiger charge is -2.42. The van der Waals surface area contributed by atoms with Crippen molar-refractivity contribution in [3.8, 4) is 0 Å². The molecule has 1 saturated heterocycles. The summed E-state index contributed by atoms with van der Waals surface area (Å²) < 4.78 is 11.2. The molecule has 1 heterocycles. The molecule has 24 heavy (non-hydrogen) atoms. The predicted molar refractivity (Wildman–Crippen MR) is 82.6 cm³/mol. The average molecular weight is 330 g/mol. The van der Waals surface area contributed by atoms with Gasteiger partial charge in [0.15, 0.2) is 0 Å². The van der Waals surface area contributed by atoms with Crippen LogP contribution in [0.3, 0.4) is 0 Å². The molecule has 5 nitrogen and oxygen atoms in total. The lowest BCUT2D eigenvalue weighted by Crippen LogP contribution is -2.44. The summed E-state index contributed by atoms with van der Waals surface area (Å²) in [7, 11) is 1.40. The third-order valence-electron chi connectivity index (χ3n) is 7.86. The summed E-state index contributed by atoms with van der Waals surface area (Å²) in [6, 6.07) is 0. The summed E-state index contributed by atoms with van der Waals surface area (Å²) in [5.74, 6) is -0.736. The number of hydrogen-bond donors (Lipinski definition) is 0. The molecule has 4 aliphatic carbocycles. The molecule has 5 rings (SSSR count). The van der Waals surface area contributed by atoms with Gasteiger partial charge >= 0.3 is 11.9 Å². The first-order valence-corrected chi connectivity index (χ1v) is 8.91. The molecule has 5 heteroatoms. The standard InChI is InChI=1S/C19H22O5/c1-17-6-3-7-19(24-16(17)22)12-5-4-10-8-18(12,9-11(10)20)13(14(17)19)15(21)23-2/h3,7,10,12-14H,4-6,8-9H2,1-2H3/t10-,12+,13+,14+,17-,18+,19+/m0/s1. The Hall–Kier alpha value is -1.65. The molecule has 0 amide bonds. The fourth-order valence-corrected chi connectivity index (χ4v) is 7.09. The Morgan fingerprint density at radius 3 is 2.88 bits per heavy atom. The molecule has 3 saturated carbocycles. The number of ether oxygens (including phenoxy) is 2. The second-order valence-corrected chi connectivity index (χ2v) is 8.65. The number of Topliss-reactive ketones (excluding diaryl/α,β-unsaturated/α-hetero) is 1. The number of esters is 2. The zero-order valence-corrected chi connectivity index (χ0v) is 14.0. The van der Waals surface area contributed by atoms with Gasteiger partial charge in [-0.25, -0.2) is 0 Å². The first-order chi connectivity index (χ1) is 11.4. The molecule has 4 bridgehead atoms. The van der Waals surface area contributed by atoms with E-state index in [9.17, 15) is 14.4 Å². The first-order valence-electron chi connectivity index (χ1n) is 8.91. The first kappa shape index (κ1) is 14.7. The second kappa shape index (κ2) is 4.12.